The zero-order chi connectivity index (χ0) is 41.6. The number of aromatic nitrogens is 2. The van der Waals surface area contributed by atoms with Crippen molar-refractivity contribution in [2.75, 3.05) is 5.32 Å². The summed E-state index contributed by atoms with van der Waals surface area (Å²) in [5.41, 5.74) is 7.11. The van der Waals surface area contributed by atoms with E-state index in [1.165, 1.54) is 16.0 Å². The van der Waals surface area contributed by atoms with Gasteiger partial charge in [0.15, 0.2) is 9.60 Å². The van der Waals surface area contributed by atoms with E-state index < -0.39 is 0 Å². The molecule has 0 fully saturated rings. The number of rotatable bonds is 13. The van der Waals surface area contributed by atoms with Gasteiger partial charge >= 0.3 is 0 Å². The highest BCUT2D eigenvalue weighted by molar-refractivity contribution is 9.40. The molecule has 2 heterocycles. The van der Waals surface area contributed by atoms with Gasteiger partial charge in [-0.3, -0.25) is 0 Å². The van der Waals surface area contributed by atoms with E-state index in [4.69, 9.17) is 17.3 Å². The van der Waals surface area contributed by atoms with Gasteiger partial charge < -0.3 is 11.1 Å². The van der Waals surface area contributed by atoms with E-state index in [0.29, 0.717) is 16.6 Å². The van der Waals surface area contributed by atoms with Gasteiger partial charge in [-0.2, -0.15) is 0 Å². The number of nitrogens with one attached hydrogen (secondary N) is 1. The van der Waals surface area contributed by atoms with Crippen molar-refractivity contribution in [3.05, 3.63) is 49.8 Å². The summed E-state index contributed by atoms with van der Waals surface area (Å²) in [4.78, 5) is 8.62. The van der Waals surface area contributed by atoms with E-state index >= 15 is 0 Å². The number of nitrogens with zero attached hydrogens (tertiary/aromatic N) is 2. The third-order valence-electron chi connectivity index (χ3n) is 5.10. The van der Waals surface area contributed by atoms with Crippen molar-refractivity contribution in [2.24, 2.45) is 5.73 Å². The highest BCUT2D eigenvalue weighted by atomic mass is 79.9. The van der Waals surface area contributed by atoms with Crippen LogP contribution in [0.2, 0.25) is 4.47 Å². The van der Waals surface area contributed by atoms with Crippen molar-refractivity contribution in [1.82, 2.24) is 9.97 Å². The molecule has 0 bridgehead atoms. The number of benzene rings is 2. The van der Waals surface area contributed by atoms with Crippen molar-refractivity contribution in [1.29, 1.82) is 0 Å². The zero-order valence-corrected chi connectivity index (χ0v) is 60.9. The van der Waals surface area contributed by atoms with Crippen molar-refractivity contribution >= 4 is 293 Å². The first-order chi connectivity index (χ1) is 25.0. The average molecular weight is 1380 g/mol. The Bertz CT molecular complexity index is 1620. The Morgan fingerprint density at radius 3 is 1.39 bits per heavy atom. The molecule has 16 unspecified atom stereocenters. The van der Waals surface area contributed by atoms with Gasteiger partial charge in [0, 0.05) is 15.0 Å². The number of anilines is 1. The van der Waals surface area contributed by atoms with Crippen LogP contribution >= 0.6 is 267 Å². The summed E-state index contributed by atoms with van der Waals surface area (Å²) in [6.45, 7) is 8.66. The highest BCUT2D eigenvalue weighted by Gasteiger charge is 2.46. The van der Waals surface area contributed by atoms with Gasteiger partial charge in [-0.15, -0.1) is 127 Å². The van der Waals surface area contributed by atoms with E-state index in [9.17, 15) is 0 Å². The molecule has 3 N–H and O–H groups in total. The Morgan fingerprint density at radius 2 is 1.04 bits per heavy atom. The van der Waals surface area contributed by atoms with Crippen LogP contribution in [0.5, 0.6) is 0 Å². The van der Waals surface area contributed by atoms with Gasteiger partial charge in [-0.25, -0.2) is 9.97 Å². The number of hydrogen-bond donors (Lipinski definition) is 2. The predicted octanol–water partition coefficient (Wildman–Crippen LogP) is 22.2. The van der Waals surface area contributed by atoms with Crippen molar-refractivity contribution in [3.8, 4) is 0 Å². The van der Waals surface area contributed by atoms with E-state index in [-0.39, 0.29) is 76.9 Å². The highest BCUT2D eigenvalue weighted by Crippen LogP contribution is 3.34. The molecule has 4 nitrogen and oxygen atoms in total. The van der Waals surface area contributed by atoms with Gasteiger partial charge in [-0.05, 0) is 133 Å². The second-order valence-electron chi connectivity index (χ2n) is 10.5. The minimum Gasteiger partial charge on any atom is -0.359 e. The molecule has 54 heavy (non-hydrogen) atoms. The van der Waals surface area contributed by atoms with Crippen LogP contribution in [0.15, 0.2) is 45.3 Å². The Balaban J connectivity index is 0.000000416. The van der Waals surface area contributed by atoms with Crippen molar-refractivity contribution < 1.29 is 0 Å². The minimum atomic E-state index is -0.00868. The standard InChI is InChI=1S/C10H11BrN2S.C7H3BrClNS.C3H9N.H27P25/c1-6(2)12-10-13-8-5-7(11)3-4-9(8)14-10;8-4-1-2-6-5(3-4)10-7(9)11-6;1-3(2)4;1-14-21(15(2)3)24(20(12)13)25(22(16(4)5)17(6)7)23(18(8)9)19(10)11/h3-6H,1-2H3,(H,12,13);1-3H;3H,4H2,1-2H3;14H,1-13H2. The second kappa shape index (κ2) is 33.5. The SMILES string of the molecule is CC(C)N.CC(C)Nc1nc2cc(Br)ccc2s1.Clc1nc2cc(Br)ccc2s1.PPP(P(P)P)P(P(P)P)P(P(P(P)P)P(P)P)P(P(P)P)P(P)P. The molecule has 4 rings (SSSR count). The monoisotopic (exact) mass is 1380 g/mol. The number of hydrogen-bond acceptors (Lipinski definition) is 6. The molecule has 16 atom stereocenters. The number of halogens is 3. The molecule has 34 heteroatoms. The third kappa shape index (κ3) is 24.0. The summed E-state index contributed by atoms with van der Waals surface area (Å²) < 4.78 is 5.05. The lowest BCUT2D eigenvalue weighted by Crippen LogP contribution is -2.08. The lowest BCUT2D eigenvalue weighted by Gasteiger charge is -2.49. The van der Waals surface area contributed by atoms with Crippen LogP contribution in [0.1, 0.15) is 27.7 Å². The summed E-state index contributed by atoms with van der Waals surface area (Å²) in [7, 11) is 43.0. The molecule has 0 aliphatic rings. The smallest absolute Gasteiger partial charge is 0.184 e. The first-order valence-corrected chi connectivity index (χ1v) is 63.0. The van der Waals surface area contributed by atoms with Crippen LogP contribution in [0.25, 0.3) is 20.4 Å². The zero-order valence-electron chi connectivity index (χ0n) is 29.5. The Morgan fingerprint density at radius 1 is 0.648 bits per heavy atom. The second-order valence-corrected chi connectivity index (χ2v) is 113. The fraction of sp³-hybridized carbons (Fsp3) is 0.300. The summed E-state index contributed by atoms with van der Waals surface area (Å²) in [5.74, 6) is 0. The number of nitrogens with two attached hydrogens (primary N) is 1. The Hall–Kier alpha value is 9.98. The fourth-order valence-corrected chi connectivity index (χ4v) is 321. The van der Waals surface area contributed by atoms with Gasteiger partial charge in [0.05, 0.1) is 20.4 Å². The average Bonchev–Trinajstić information content (AvgIpc) is 3.58. The summed E-state index contributed by atoms with van der Waals surface area (Å²) in [5, 5.41) is 4.30. The summed E-state index contributed by atoms with van der Waals surface area (Å²) in [6.07, 6.45) is 0. The largest absolute Gasteiger partial charge is 0.359 e. The van der Waals surface area contributed by atoms with Crippen molar-refractivity contribution in [3.63, 3.8) is 0 Å². The first kappa shape index (κ1) is 62.0. The number of fused-ring (bicyclic) bond motifs is 2. The lowest BCUT2D eigenvalue weighted by atomic mass is 10.3. The molecule has 0 saturated carbocycles. The van der Waals surface area contributed by atoms with Gasteiger partial charge in [-0.1, -0.05) is 76.6 Å². The van der Waals surface area contributed by atoms with Crippen LogP contribution in [0.4, 0.5) is 5.13 Å². The maximum atomic E-state index is 5.73. The molecular weight excluding hydrogens is 1330 g/mol. The quantitative estimate of drug-likeness (QED) is 0.131. The normalized spacial score (nSPS) is 13.4. The molecule has 0 aliphatic heterocycles. The molecule has 0 aliphatic carbocycles. The molecule has 0 saturated heterocycles. The molecule has 0 amide bonds. The molecule has 4 aromatic rings. The van der Waals surface area contributed by atoms with Gasteiger partial charge in [0.1, 0.15) is 0 Å². The Kier molecular flexibility index (Phi) is 38.5. The summed E-state index contributed by atoms with van der Waals surface area (Å²) in [6, 6.07) is 12.9. The molecule has 2 aromatic carbocycles. The van der Waals surface area contributed by atoms with E-state index in [1.807, 2.05) is 44.2 Å². The van der Waals surface area contributed by atoms with E-state index in [0.717, 1.165) is 37.8 Å². The molecule has 0 spiro atoms. The van der Waals surface area contributed by atoms with E-state index in [2.05, 4.69) is 183 Å². The van der Waals surface area contributed by atoms with Gasteiger partial charge in [0.2, 0.25) is 0 Å². The molecule has 2 aromatic heterocycles. The van der Waals surface area contributed by atoms with Crippen LogP contribution in [-0.2, 0) is 0 Å². The first-order valence-electron chi connectivity index (χ1n) is 14.5. The topological polar surface area (TPSA) is 63.8 Å². The van der Waals surface area contributed by atoms with Crippen molar-refractivity contribution in [2.45, 2.75) is 39.8 Å². The van der Waals surface area contributed by atoms with Crippen LogP contribution in [0, 0.1) is 0 Å². The fourth-order valence-electron chi connectivity index (χ4n) is 3.38. The molecule has 308 valence electrons. The predicted molar refractivity (Wildman–Crippen MR) is 348 cm³/mol. The maximum Gasteiger partial charge on any atom is 0.184 e. The lowest BCUT2D eigenvalue weighted by molar-refractivity contribution is 0.834. The third-order valence-corrected chi connectivity index (χ3v) is 170. The van der Waals surface area contributed by atoms with Crippen LogP contribution < -0.4 is 11.1 Å². The Labute approximate surface area is 398 Å². The number of thiazole rings is 2. The van der Waals surface area contributed by atoms with Crippen LogP contribution in [-0.4, -0.2) is 22.1 Å². The molecule has 0 radical (unpaired) electrons. The van der Waals surface area contributed by atoms with Gasteiger partial charge in [0.25, 0.3) is 0 Å². The summed E-state index contributed by atoms with van der Waals surface area (Å²) >= 11 is 15.7. The van der Waals surface area contributed by atoms with Crippen LogP contribution in [0.3, 0.4) is 0 Å². The molecular formula is C20H50Br2ClN4P25S2. The van der Waals surface area contributed by atoms with E-state index in [1.54, 1.807) is 11.3 Å². The maximum absolute atomic E-state index is 5.73. The minimum absolute atomic E-state index is 0.00618.